The summed E-state index contributed by atoms with van der Waals surface area (Å²) in [5.74, 6) is 1.32. The van der Waals surface area contributed by atoms with Gasteiger partial charge in [0.1, 0.15) is 5.75 Å². The van der Waals surface area contributed by atoms with Gasteiger partial charge in [-0.3, -0.25) is 0 Å². The van der Waals surface area contributed by atoms with Gasteiger partial charge in [0.25, 0.3) is 0 Å². The standard InChI is InChI=1S/C26H30F3N5O2/c1-5-7-18-14-20-23(36-32-24(20)26(27,28)29)19(8-6-2)21(18)35-22(25-30-33-34-31-25)17-11-9-16(10-12-17)13-15(3)4/h9-12,14-15,22H,5-8,13H2,1-4H3,(H,30,31,33,34). The Kier molecular flexibility index (Phi) is 7.61. The lowest BCUT2D eigenvalue weighted by Crippen LogP contribution is -2.14. The second kappa shape index (κ2) is 10.7. The summed E-state index contributed by atoms with van der Waals surface area (Å²) in [4.78, 5) is 0. The highest BCUT2D eigenvalue weighted by Gasteiger charge is 2.38. The summed E-state index contributed by atoms with van der Waals surface area (Å²) in [5, 5.41) is 17.8. The number of fused-ring (bicyclic) bond motifs is 1. The van der Waals surface area contributed by atoms with Crippen LogP contribution in [0.2, 0.25) is 0 Å². The van der Waals surface area contributed by atoms with Gasteiger partial charge in [-0.05, 0) is 42.4 Å². The lowest BCUT2D eigenvalue weighted by molar-refractivity contribution is -0.141. The number of benzene rings is 2. The fourth-order valence-electron chi connectivity index (χ4n) is 4.44. The second-order valence-electron chi connectivity index (χ2n) is 9.36. The van der Waals surface area contributed by atoms with Crippen LogP contribution in [0.1, 0.15) is 80.4 Å². The zero-order chi connectivity index (χ0) is 25.9. The Morgan fingerprint density at radius 3 is 2.36 bits per heavy atom. The van der Waals surface area contributed by atoms with Crippen LogP contribution >= 0.6 is 0 Å². The van der Waals surface area contributed by atoms with Gasteiger partial charge in [0, 0.05) is 11.1 Å². The van der Waals surface area contributed by atoms with Gasteiger partial charge in [0.05, 0.1) is 5.39 Å². The first-order chi connectivity index (χ1) is 17.2. The predicted octanol–water partition coefficient (Wildman–Crippen LogP) is 6.63. The molecule has 4 aromatic rings. The average molecular weight is 502 g/mol. The Balaban J connectivity index is 1.85. The molecule has 0 radical (unpaired) electrons. The third-order valence-corrected chi connectivity index (χ3v) is 5.93. The minimum Gasteiger partial charge on any atom is -0.477 e. The molecule has 4 rings (SSSR count). The van der Waals surface area contributed by atoms with E-state index >= 15 is 0 Å². The molecular formula is C26H30F3N5O2. The van der Waals surface area contributed by atoms with Crippen LogP contribution in [0.3, 0.4) is 0 Å². The van der Waals surface area contributed by atoms with Crippen LogP contribution in [0.5, 0.6) is 5.75 Å². The lowest BCUT2D eigenvalue weighted by atomic mass is 9.97. The number of halogens is 3. The molecule has 2 aromatic heterocycles. The predicted molar refractivity (Wildman–Crippen MR) is 129 cm³/mol. The van der Waals surface area contributed by atoms with E-state index in [1.807, 2.05) is 38.1 Å². The number of tetrazole rings is 1. The molecule has 0 aliphatic heterocycles. The molecule has 0 aliphatic rings. The molecule has 10 heteroatoms. The van der Waals surface area contributed by atoms with E-state index in [1.165, 1.54) is 11.6 Å². The first-order valence-corrected chi connectivity index (χ1v) is 12.2. The maximum absolute atomic E-state index is 13.6. The van der Waals surface area contributed by atoms with E-state index in [1.54, 1.807) is 0 Å². The Bertz CT molecular complexity index is 1280. The van der Waals surface area contributed by atoms with E-state index < -0.39 is 18.0 Å². The van der Waals surface area contributed by atoms with Gasteiger partial charge in [-0.15, -0.1) is 10.2 Å². The molecule has 0 saturated carbocycles. The number of H-pyrrole nitrogens is 1. The van der Waals surface area contributed by atoms with E-state index in [4.69, 9.17) is 9.26 Å². The van der Waals surface area contributed by atoms with Gasteiger partial charge in [-0.2, -0.15) is 18.4 Å². The molecule has 2 aromatic carbocycles. The summed E-state index contributed by atoms with van der Waals surface area (Å²) >= 11 is 0. The van der Waals surface area contributed by atoms with Gasteiger partial charge >= 0.3 is 6.18 Å². The Morgan fingerprint density at radius 2 is 1.78 bits per heavy atom. The summed E-state index contributed by atoms with van der Waals surface area (Å²) in [7, 11) is 0. The van der Waals surface area contributed by atoms with Gasteiger partial charge in [-0.1, -0.05) is 75.2 Å². The Hall–Kier alpha value is -3.43. The third-order valence-electron chi connectivity index (χ3n) is 5.93. The smallest absolute Gasteiger partial charge is 0.437 e. The van der Waals surface area contributed by atoms with Crippen molar-refractivity contribution in [3.8, 4) is 5.75 Å². The summed E-state index contributed by atoms with van der Waals surface area (Å²) < 4.78 is 52.8. The molecule has 1 atom stereocenters. The molecule has 1 unspecified atom stereocenters. The Morgan fingerprint density at radius 1 is 1.06 bits per heavy atom. The van der Waals surface area contributed by atoms with Crippen molar-refractivity contribution >= 4 is 11.0 Å². The summed E-state index contributed by atoms with van der Waals surface area (Å²) in [6.07, 6.45) is -2.01. The van der Waals surface area contributed by atoms with Crippen molar-refractivity contribution in [2.24, 2.45) is 5.92 Å². The number of aryl methyl sites for hydroxylation is 2. The van der Waals surface area contributed by atoms with Crippen LogP contribution in [-0.2, 0) is 25.4 Å². The van der Waals surface area contributed by atoms with Gasteiger partial charge < -0.3 is 9.26 Å². The summed E-state index contributed by atoms with van der Waals surface area (Å²) in [6.45, 7) is 8.24. The second-order valence-corrected chi connectivity index (χ2v) is 9.36. The molecular weight excluding hydrogens is 471 g/mol. The molecule has 192 valence electrons. The number of nitrogens with one attached hydrogen (secondary N) is 1. The van der Waals surface area contributed by atoms with Crippen molar-refractivity contribution in [1.29, 1.82) is 0 Å². The van der Waals surface area contributed by atoms with Crippen LogP contribution in [0, 0.1) is 5.92 Å². The number of ether oxygens (including phenoxy) is 1. The number of alkyl halides is 3. The summed E-state index contributed by atoms with van der Waals surface area (Å²) in [6, 6.07) is 9.51. The normalized spacial score (nSPS) is 13.0. The van der Waals surface area contributed by atoms with Crippen LogP contribution in [0.15, 0.2) is 34.9 Å². The minimum atomic E-state index is -4.62. The monoisotopic (exact) mass is 501 g/mol. The largest absolute Gasteiger partial charge is 0.477 e. The molecule has 0 amide bonds. The topological polar surface area (TPSA) is 89.7 Å². The first-order valence-electron chi connectivity index (χ1n) is 12.2. The van der Waals surface area contributed by atoms with E-state index in [2.05, 4.69) is 39.6 Å². The minimum absolute atomic E-state index is 0.0455. The lowest BCUT2D eigenvalue weighted by Gasteiger charge is -2.22. The number of hydrogen-bond donors (Lipinski definition) is 1. The summed E-state index contributed by atoms with van der Waals surface area (Å²) in [5.41, 5.74) is 2.30. The van der Waals surface area contributed by atoms with Crippen molar-refractivity contribution in [3.05, 3.63) is 64.1 Å². The highest BCUT2D eigenvalue weighted by molar-refractivity contribution is 5.86. The number of aromatic amines is 1. The zero-order valence-electron chi connectivity index (χ0n) is 20.8. The number of nitrogens with zero attached hydrogens (tertiary/aromatic N) is 4. The number of hydrogen-bond acceptors (Lipinski definition) is 6. The third kappa shape index (κ3) is 5.37. The van der Waals surface area contributed by atoms with Crippen molar-refractivity contribution in [2.75, 3.05) is 0 Å². The van der Waals surface area contributed by atoms with Gasteiger partial charge in [0.2, 0.25) is 5.82 Å². The molecule has 7 nitrogen and oxygen atoms in total. The molecule has 0 aliphatic carbocycles. The van der Waals surface area contributed by atoms with E-state index in [0.29, 0.717) is 47.9 Å². The highest BCUT2D eigenvalue weighted by Crippen LogP contribution is 2.42. The van der Waals surface area contributed by atoms with Crippen molar-refractivity contribution in [2.45, 2.75) is 72.1 Å². The fraction of sp³-hybridized carbons (Fsp3) is 0.462. The first kappa shape index (κ1) is 25.7. The van der Waals surface area contributed by atoms with Crippen molar-refractivity contribution < 1.29 is 22.4 Å². The molecule has 0 spiro atoms. The zero-order valence-corrected chi connectivity index (χ0v) is 20.8. The maximum atomic E-state index is 13.6. The van der Waals surface area contributed by atoms with Crippen molar-refractivity contribution in [3.63, 3.8) is 0 Å². The van der Waals surface area contributed by atoms with E-state index in [9.17, 15) is 13.2 Å². The van der Waals surface area contributed by atoms with Gasteiger partial charge in [0.15, 0.2) is 17.4 Å². The van der Waals surface area contributed by atoms with E-state index in [-0.39, 0.29) is 11.0 Å². The molecule has 0 bridgehead atoms. The maximum Gasteiger partial charge on any atom is 0.437 e. The van der Waals surface area contributed by atoms with Crippen LogP contribution in [-0.4, -0.2) is 25.8 Å². The molecule has 0 saturated heterocycles. The number of aromatic nitrogens is 5. The van der Waals surface area contributed by atoms with Crippen LogP contribution in [0.25, 0.3) is 11.0 Å². The number of rotatable bonds is 10. The van der Waals surface area contributed by atoms with Crippen LogP contribution in [0.4, 0.5) is 13.2 Å². The highest BCUT2D eigenvalue weighted by atomic mass is 19.4. The molecule has 0 fully saturated rings. The molecule has 36 heavy (non-hydrogen) atoms. The van der Waals surface area contributed by atoms with Crippen molar-refractivity contribution in [1.82, 2.24) is 25.8 Å². The average Bonchev–Trinajstić information content (AvgIpc) is 3.49. The molecule has 2 heterocycles. The SMILES string of the molecule is CCCc1cc2c(C(F)(F)F)noc2c(CCC)c1OC(c1ccc(CC(C)C)cc1)c1nn[nH]n1. The fourth-order valence-corrected chi connectivity index (χ4v) is 4.44. The van der Waals surface area contributed by atoms with Crippen LogP contribution < -0.4 is 4.74 Å². The van der Waals surface area contributed by atoms with Gasteiger partial charge in [-0.25, -0.2) is 0 Å². The molecule has 1 N–H and O–H groups in total. The quantitative estimate of drug-likeness (QED) is 0.262. The van der Waals surface area contributed by atoms with E-state index in [0.717, 1.165) is 18.4 Å². The Labute approximate surface area is 207 Å².